The van der Waals surface area contributed by atoms with Crippen LogP contribution in [0.1, 0.15) is 25.7 Å². The summed E-state index contributed by atoms with van der Waals surface area (Å²) in [6.45, 7) is 1.94. The fraction of sp³-hybridized carbons (Fsp3) is 0.533. The van der Waals surface area contributed by atoms with Crippen LogP contribution in [0.4, 0.5) is 5.69 Å². The Kier molecular flexibility index (Phi) is 3.19. The van der Waals surface area contributed by atoms with E-state index in [2.05, 4.69) is 0 Å². The van der Waals surface area contributed by atoms with E-state index in [-0.39, 0.29) is 11.3 Å². The molecule has 1 fully saturated rings. The van der Waals surface area contributed by atoms with E-state index in [1.54, 1.807) is 0 Å². The molecule has 0 aromatic heterocycles. The Morgan fingerprint density at radius 3 is 2.84 bits per heavy atom. The summed E-state index contributed by atoms with van der Waals surface area (Å²) in [5, 5.41) is 0. The monoisotopic (exact) mass is 260 g/mol. The molecule has 0 bridgehead atoms. The Morgan fingerprint density at radius 2 is 2.11 bits per heavy atom. The molecule has 1 aliphatic carbocycles. The van der Waals surface area contributed by atoms with Crippen LogP contribution < -0.4 is 15.4 Å². The van der Waals surface area contributed by atoms with E-state index in [4.69, 9.17) is 10.5 Å². The molecule has 4 heteroatoms. The number of hydrogen-bond donors (Lipinski definition) is 1. The third kappa shape index (κ3) is 2.45. The van der Waals surface area contributed by atoms with Crippen molar-refractivity contribution in [3.05, 3.63) is 24.3 Å². The SMILES string of the molecule is NCCC1(CN2C(=O)CCOc3ccccc32)CC1. The van der Waals surface area contributed by atoms with Crippen LogP contribution in [0.15, 0.2) is 24.3 Å². The smallest absolute Gasteiger partial charge is 0.230 e. The maximum Gasteiger partial charge on any atom is 0.230 e. The maximum atomic E-state index is 12.3. The van der Waals surface area contributed by atoms with E-state index in [1.165, 1.54) is 12.8 Å². The van der Waals surface area contributed by atoms with Crippen LogP contribution >= 0.6 is 0 Å². The van der Waals surface area contributed by atoms with E-state index < -0.39 is 0 Å². The first-order valence-corrected chi connectivity index (χ1v) is 6.96. The summed E-state index contributed by atoms with van der Waals surface area (Å²) in [7, 11) is 0. The highest BCUT2D eigenvalue weighted by Crippen LogP contribution is 2.50. The molecule has 102 valence electrons. The van der Waals surface area contributed by atoms with Gasteiger partial charge in [-0.2, -0.15) is 0 Å². The molecule has 1 amide bonds. The van der Waals surface area contributed by atoms with E-state index in [0.717, 1.165) is 24.4 Å². The lowest BCUT2D eigenvalue weighted by Crippen LogP contribution is -2.36. The number of benzene rings is 1. The lowest BCUT2D eigenvalue weighted by Gasteiger charge is -2.27. The van der Waals surface area contributed by atoms with Gasteiger partial charge in [-0.1, -0.05) is 12.1 Å². The average molecular weight is 260 g/mol. The average Bonchev–Trinajstić information content (AvgIpc) is 3.18. The largest absolute Gasteiger partial charge is 0.491 e. The molecule has 1 aromatic rings. The zero-order valence-electron chi connectivity index (χ0n) is 11.1. The number of amides is 1. The summed E-state index contributed by atoms with van der Waals surface area (Å²) in [4.78, 5) is 14.2. The minimum Gasteiger partial charge on any atom is -0.491 e. The highest BCUT2D eigenvalue weighted by atomic mass is 16.5. The van der Waals surface area contributed by atoms with Crippen molar-refractivity contribution in [2.45, 2.75) is 25.7 Å². The summed E-state index contributed by atoms with van der Waals surface area (Å²) >= 11 is 0. The zero-order chi connectivity index (χ0) is 13.3. The van der Waals surface area contributed by atoms with Gasteiger partial charge in [0.05, 0.1) is 18.7 Å². The first-order valence-electron chi connectivity index (χ1n) is 6.96. The number of ether oxygens (including phenoxy) is 1. The Labute approximate surface area is 113 Å². The fourth-order valence-corrected chi connectivity index (χ4v) is 2.80. The summed E-state index contributed by atoms with van der Waals surface area (Å²) in [6.07, 6.45) is 3.81. The van der Waals surface area contributed by atoms with Crippen molar-refractivity contribution >= 4 is 11.6 Å². The molecule has 0 atom stereocenters. The standard InChI is InChI=1S/C15H20N2O2/c16-9-8-15(6-7-15)11-17-12-3-1-2-4-13(12)19-10-5-14(17)18/h1-4H,5-11,16H2. The van der Waals surface area contributed by atoms with Gasteiger partial charge in [-0.25, -0.2) is 0 Å². The zero-order valence-corrected chi connectivity index (χ0v) is 11.1. The van der Waals surface area contributed by atoms with Crippen LogP contribution in [0.3, 0.4) is 0 Å². The van der Waals surface area contributed by atoms with Crippen LogP contribution in [0, 0.1) is 5.41 Å². The second-order valence-corrected chi connectivity index (χ2v) is 5.58. The summed E-state index contributed by atoms with van der Waals surface area (Å²) in [5.41, 5.74) is 6.85. The Bertz CT molecular complexity index is 483. The summed E-state index contributed by atoms with van der Waals surface area (Å²) < 4.78 is 5.66. The molecule has 1 aliphatic heterocycles. The second-order valence-electron chi connectivity index (χ2n) is 5.58. The Morgan fingerprint density at radius 1 is 1.32 bits per heavy atom. The van der Waals surface area contributed by atoms with Gasteiger partial charge in [0, 0.05) is 6.54 Å². The van der Waals surface area contributed by atoms with Gasteiger partial charge in [0.25, 0.3) is 0 Å². The second kappa shape index (κ2) is 4.85. The lowest BCUT2D eigenvalue weighted by molar-refractivity contribution is -0.119. The van der Waals surface area contributed by atoms with Crippen molar-refractivity contribution < 1.29 is 9.53 Å². The van der Waals surface area contributed by atoms with Crippen LogP contribution in [0.5, 0.6) is 5.75 Å². The number of anilines is 1. The Balaban J connectivity index is 1.88. The van der Waals surface area contributed by atoms with Gasteiger partial charge in [-0.05, 0) is 43.4 Å². The highest BCUT2D eigenvalue weighted by Gasteiger charge is 2.44. The highest BCUT2D eigenvalue weighted by molar-refractivity contribution is 5.95. The molecule has 2 aliphatic rings. The minimum atomic E-state index is 0.160. The van der Waals surface area contributed by atoms with Crippen molar-refractivity contribution in [3.8, 4) is 5.75 Å². The van der Waals surface area contributed by atoms with Crippen molar-refractivity contribution in [1.82, 2.24) is 0 Å². The molecular formula is C15H20N2O2. The molecule has 1 saturated carbocycles. The van der Waals surface area contributed by atoms with Gasteiger partial charge in [-0.3, -0.25) is 4.79 Å². The molecule has 0 spiro atoms. The van der Waals surface area contributed by atoms with Gasteiger partial charge in [0.2, 0.25) is 5.91 Å². The first kappa shape index (κ1) is 12.5. The van der Waals surface area contributed by atoms with Crippen molar-refractivity contribution in [2.24, 2.45) is 11.1 Å². The number of carbonyl (C=O) groups is 1. The van der Waals surface area contributed by atoms with Crippen LogP contribution in [0.25, 0.3) is 0 Å². The predicted molar refractivity (Wildman–Crippen MR) is 74.2 cm³/mol. The number of hydrogen-bond acceptors (Lipinski definition) is 3. The third-order valence-corrected chi connectivity index (χ3v) is 4.16. The van der Waals surface area contributed by atoms with E-state index in [0.29, 0.717) is 19.6 Å². The molecule has 3 rings (SSSR count). The van der Waals surface area contributed by atoms with Crippen LogP contribution in [0.2, 0.25) is 0 Å². The third-order valence-electron chi connectivity index (χ3n) is 4.16. The van der Waals surface area contributed by atoms with Crippen molar-refractivity contribution in [3.63, 3.8) is 0 Å². The number of rotatable bonds is 4. The van der Waals surface area contributed by atoms with E-state index >= 15 is 0 Å². The summed E-state index contributed by atoms with van der Waals surface area (Å²) in [6, 6.07) is 7.80. The number of nitrogens with two attached hydrogens (primary N) is 1. The normalized spacial score (nSPS) is 20.5. The van der Waals surface area contributed by atoms with Gasteiger partial charge >= 0.3 is 0 Å². The first-order chi connectivity index (χ1) is 9.24. The number of carbonyl (C=O) groups excluding carboxylic acids is 1. The van der Waals surface area contributed by atoms with Gasteiger partial charge in [0.15, 0.2) is 0 Å². The Hall–Kier alpha value is -1.55. The van der Waals surface area contributed by atoms with Crippen molar-refractivity contribution in [2.75, 3.05) is 24.6 Å². The molecule has 19 heavy (non-hydrogen) atoms. The fourth-order valence-electron chi connectivity index (χ4n) is 2.80. The molecule has 1 heterocycles. The number of fused-ring (bicyclic) bond motifs is 1. The lowest BCUT2D eigenvalue weighted by atomic mass is 10.0. The molecule has 1 aromatic carbocycles. The predicted octanol–water partition coefficient (Wildman–Crippen LogP) is 1.93. The molecule has 2 N–H and O–H groups in total. The number of para-hydroxylation sites is 2. The maximum absolute atomic E-state index is 12.3. The number of nitrogens with zero attached hydrogens (tertiary/aromatic N) is 1. The topological polar surface area (TPSA) is 55.6 Å². The minimum absolute atomic E-state index is 0.160. The molecule has 0 radical (unpaired) electrons. The quantitative estimate of drug-likeness (QED) is 0.900. The molecule has 0 unspecified atom stereocenters. The molecule has 0 saturated heterocycles. The van der Waals surface area contributed by atoms with Gasteiger partial charge in [-0.15, -0.1) is 0 Å². The van der Waals surface area contributed by atoms with Gasteiger partial charge in [0.1, 0.15) is 5.75 Å². The van der Waals surface area contributed by atoms with Crippen molar-refractivity contribution in [1.29, 1.82) is 0 Å². The van der Waals surface area contributed by atoms with Gasteiger partial charge < -0.3 is 15.4 Å². The van der Waals surface area contributed by atoms with Crippen LogP contribution in [-0.2, 0) is 4.79 Å². The van der Waals surface area contributed by atoms with E-state index in [9.17, 15) is 4.79 Å². The van der Waals surface area contributed by atoms with Crippen LogP contribution in [-0.4, -0.2) is 25.6 Å². The molecular weight excluding hydrogens is 240 g/mol. The van der Waals surface area contributed by atoms with E-state index in [1.807, 2.05) is 29.2 Å². The molecule has 4 nitrogen and oxygen atoms in total. The summed E-state index contributed by atoms with van der Waals surface area (Å²) in [5.74, 6) is 0.977.